The minimum Gasteiger partial charge on any atom is -0.324 e. The van der Waals surface area contributed by atoms with Gasteiger partial charge in [0, 0.05) is 18.5 Å². The summed E-state index contributed by atoms with van der Waals surface area (Å²) in [6, 6.07) is 14.2. The first-order valence-corrected chi connectivity index (χ1v) is 12.7. The van der Waals surface area contributed by atoms with Crippen LogP contribution in [0.4, 0.5) is 5.69 Å². The number of sulfonamides is 1. The molecule has 2 aromatic carbocycles. The van der Waals surface area contributed by atoms with E-state index in [2.05, 4.69) is 10.3 Å². The monoisotopic (exact) mass is 475 g/mol. The predicted octanol–water partition coefficient (Wildman–Crippen LogP) is 4.71. The summed E-state index contributed by atoms with van der Waals surface area (Å²) in [5.74, 6) is -0.153. The molecule has 0 spiro atoms. The third kappa shape index (κ3) is 4.87. The highest BCUT2D eigenvalue weighted by Gasteiger charge is 2.27. The van der Waals surface area contributed by atoms with Crippen molar-refractivity contribution in [3.05, 3.63) is 59.1 Å². The zero-order valence-corrected chi connectivity index (χ0v) is 19.4. The SMILES string of the molecule is Cc1cc(SCC(=O)Nc2cc(S(=O)(=O)N3CCCC3)ccc2Cl)nc2ccccc12. The summed E-state index contributed by atoms with van der Waals surface area (Å²) in [6.07, 6.45) is 1.71. The molecule has 0 saturated carbocycles. The van der Waals surface area contributed by atoms with Gasteiger partial charge in [-0.15, -0.1) is 0 Å². The van der Waals surface area contributed by atoms with Crippen molar-refractivity contribution in [1.29, 1.82) is 0 Å². The standard InChI is InChI=1S/C22H22ClN3O3S2/c1-15-12-22(25-19-7-3-2-6-17(15)19)30-14-21(27)24-20-13-16(8-9-18(20)23)31(28,29)26-10-4-5-11-26/h2-3,6-9,12-13H,4-5,10-11,14H2,1H3,(H,24,27). The number of nitrogens with zero attached hydrogens (tertiary/aromatic N) is 2. The molecule has 0 atom stereocenters. The van der Waals surface area contributed by atoms with Crippen LogP contribution in [0.5, 0.6) is 0 Å². The number of aromatic nitrogens is 1. The van der Waals surface area contributed by atoms with Gasteiger partial charge in [-0.3, -0.25) is 4.79 Å². The van der Waals surface area contributed by atoms with Gasteiger partial charge in [0.05, 0.1) is 31.9 Å². The third-order valence-electron chi connectivity index (χ3n) is 5.17. The maximum absolute atomic E-state index is 12.8. The summed E-state index contributed by atoms with van der Waals surface area (Å²) in [5.41, 5.74) is 2.26. The first-order valence-electron chi connectivity index (χ1n) is 9.93. The van der Waals surface area contributed by atoms with Gasteiger partial charge in [0.1, 0.15) is 0 Å². The van der Waals surface area contributed by atoms with Gasteiger partial charge in [0.15, 0.2) is 0 Å². The van der Waals surface area contributed by atoms with E-state index in [-0.39, 0.29) is 22.2 Å². The topological polar surface area (TPSA) is 79.4 Å². The number of hydrogen-bond donors (Lipinski definition) is 1. The lowest BCUT2D eigenvalue weighted by Gasteiger charge is -2.16. The summed E-state index contributed by atoms with van der Waals surface area (Å²) in [6.45, 7) is 3.04. The second-order valence-corrected chi connectivity index (χ2v) is 10.7. The Kier molecular flexibility index (Phi) is 6.52. The number of fused-ring (bicyclic) bond motifs is 1. The molecule has 0 unspecified atom stereocenters. The average Bonchev–Trinajstić information content (AvgIpc) is 3.30. The molecule has 0 aliphatic carbocycles. The van der Waals surface area contributed by atoms with Crippen LogP contribution in [-0.2, 0) is 14.8 Å². The number of carbonyl (C=O) groups is 1. The highest BCUT2D eigenvalue weighted by Crippen LogP contribution is 2.29. The Labute approximate surface area is 191 Å². The van der Waals surface area contributed by atoms with Gasteiger partial charge in [-0.05, 0) is 55.7 Å². The predicted molar refractivity (Wildman–Crippen MR) is 125 cm³/mol. The maximum Gasteiger partial charge on any atom is 0.243 e. The number of halogens is 1. The molecule has 1 aliphatic rings. The van der Waals surface area contributed by atoms with Gasteiger partial charge in [-0.1, -0.05) is 41.6 Å². The molecule has 1 saturated heterocycles. The lowest BCUT2D eigenvalue weighted by Crippen LogP contribution is -2.28. The maximum atomic E-state index is 12.8. The van der Waals surface area contributed by atoms with E-state index in [1.54, 1.807) is 0 Å². The third-order valence-corrected chi connectivity index (χ3v) is 8.30. The molecular weight excluding hydrogens is 454 g/mol. The van der Waals surface area contributed by atoms with Crippen LogP contribution in [0.25, 0.3) is 10.9 Å². The highest BCUT2D eigenvalue weighted by molar-refractivity contribution is 7.99. The van der Waals surface area contributed by atoms with E-state index in [9.17, 15) is 13.2 Å². The van der Waals surface area contributed by atoms with Crippen molar-refractivity contribution >= 4 is 55.9 Å². The Morgan fingerprint density at radius 1 is 1.16 bits per heavy atom. The zero-order valence-electron chi connectivity index (χ0n) is 17.0. The Bertz CT molecular complexity index is 1240. The molecule has 1 aromatic heterocycles. The van der Waals surface area contributed by atoms with Gasteiger partial charge in [-0.25, -0.2) is 13.4 Å². The van der Waals surface area contributed by atoms with Crippen molar-refractivity contribution in [1.82, 2.24) is 9.29 Å². The molecule has 3 aromatic rings. The van der Waals surface area contributed by atoms with Gasteiger partial charge in [0.2, 0.25) is 15.9 Å². The summed E-state index contributed by atoms with van der Waals surface area (Å²) >= 11 is 7.53. The number of pyridine rings is 1. The number of aryl methyl sites for hydroxylation is 1. The molecule has 31 heavy (non-hydrogen) atoms. The molecule has 162 valence electrons. The fraction of sp³-hybridized carbons (Fsp3) is 0.273. The molecule has 0 bridgehead atoms. The minimum atomic E-state index is -3.59. The van der Waals surface area contributed by atoms with E-state index in [0.29, 0.717) is 18.1 Å². The van der Waals surface area contributed by atoms with Gasteiger partial charge in [-0.2, -0.15) is 4.31 Å². The number of anilines is 1. The Hall–Kier alpha value is -2.13. The highest BCUT2D eigenvalue weighted by atomic mass is 35.5. The molecule has 9 heteroatoms. The van der Waals surface area contributed by atoms with Crippen LogP contribution < -0.4 is 5.32 Å². The smallest absolute Gasteiger partial charge is 0.243 e. The molecule has 1 fully saturated rings. The van der Waals surface area contributed by atoms with Gasteiger partial charge >= 0.3 is 0 Å². The summed E-state index contributed by atoms with van der Waals surface area (Å²) < 4.78 is 27.0. The molecule has 1 amide bonds. The summed E-state index contributed by atoms with van der Waals surface area (Å²) in [7, 11) is -3.59. The number of hydrogen-bond acceptors (Lipinski definition) is 5. The average molecular weight is 476 g/mol. The Morgan fingerprint density at radius 3 is 2.68 bits per heavy atom. The number of nitrogens with one attached hydrogen (secondary N) is 1. The van der Waals surface area contributed by atoms with Crippen LogP contribution in [0.2, 0.25) is 5.02 Å². The van der Waals surface area contributed by atoms with E-state index >= 15 is 0 Å². The molecule has 2 heterocycles. The first kappa shape index (κ1) is 22.1. The first-order chi connectivity index (χ1) is 14.8. The molecule has 1 aliphatic heterocycles. The number of para-hydroxylation sites is 1. The van der Waals surface area contributed by atoms with E-state index < -0.39 is 10.0 Å². The molecule has 1 N–H and O–H groups in total. The second-order valence-electron chi connectivity index (χ2n) is 7.38. The van der Waals surface area contributed by atoms with Crippen LogP contribution in [-0.4, -0.2) is 42.5 Å². The van der Waals surface area contributed by atoms with Crippen molar-refractivity contribution in [2.24, 2.45) is 0 Å². The summed E-state index contributed by atoms with van der Waals surface area (Å²) in [5, 5.41) is 4.86. The van der Waals surface area contributed by atoms with Crippen molar-refractivity contribution in [3.8, 4) is 0 Å². The minimum absolute atomic E-state index is 0.129. The second kappa shape index (κ2) is 9.16. The van der Waals surface area contributed by atoms with Crippen LogP contribution in [0.1, 0.15) is 18.4 Å². The lowest BCUT2D eigenvalue weighted by atomic mass is 10.1. The molecule has 4 rings (SSSR count). The van der Waals surface area contributed by atoms with Crippen molar-refractivity contribution in [2.75, 3.05) is 24.2 Å². The number of amides is 1. The molecule has 6 nitrogen and oxygen atoms in total. The molecular formula is C22H22ClN3O3S2. The van der Waals surface area contributed by atoms with E-state index in [0.717, 1.165) is 34.3 Å². The normalized spacial score (nSPS) is 14.8. The van der Waals surface area contributed by atoms with Crippen molar-refractivity contribution < 1.29 is 13.2 Å². The van der Waals surface area contributed by atoms with E-state index in [1.807, 2.05) is 37.3 Å². The van der Waals surface area contributed by atoms with Crippen molar-refractivity contribution in [2.45, 2.75) is 29.7 Å². The van der Waals surface area contributed by atoms with E-state index in [4.69, 9.17) is 11.6 Å². The lowest BCUT2D eigenvalue weighted by molar-refractivity contribution is -0.113. The Morgan fingerprint density at radius 2 is 1.90 bits per heavy atom. The Balaban J connectivity index is 1.46. The number of thioether (sulfide) groups is 1. The fourth-order valence-corrected chi connectivity index (χ4v) is 6.04. The van der Waals surface area contributed by atoms with Gasteiger partial charge in [0.25, 0.3) is 0 Å². The zero-order chi connectivity index (χ0) is 22.0. The summed E-state index contributed by atoms with van der Waals surface area (Å²) in [4.78, 5) is 17.3. The van der Waals surface area contributed by atoms with Crippen LogP contribution in [0.3, 0.4) is 0 Å². The van der Waals surface area contributed by atoms with Gasteiger partial charge < -0.3 is 5.32 Å². The quantitative estimate of drug-likeness (QED) is 0.522. The number of carbonyl (C=O) groups excluding carboxylic acids is 1. The van der Waals surface area contributed by atoms with Crippen molar-refractivity contribution in [3.63, 3.8) is 0 Å². The number of benzene rings is 2. The number of rotatable bonds is 6. The van der Waals surface area contributed by atoms with Crippen LogP contribution in [0, 0.1) is 6.92 Å². The fourth-order valence-electron chi connectivity index (χ4n) is 3.56. The van der Waals surface area contributed by atoms with E-state index in [1.165, 1.54) is 34.3 Å². The van der Waals surface area contributed by atoms with Crippen LogP contribution >= 0.6 is 23.4 Å². The van der Waals surface area contributed by atoms with Crippen LogP contribution in [0.15, 0.2) is 58.5 Å². The molecule has 0 radical (unpaired) electrons. The largest absolute Gasteiger partial charge is 0.324 e.